The van der Waals surface area contributed by atoms with Gasteiger partial charge in [-0.2, -0.15) is 0 Å². The van der Waals surface area contributed by atoms with Crippen molar-refractivity contribution in [2.24, 2.45) is 0 Å². The summed E-state index contributed by atoms with van der Waals surface area (Å²) in [5.41, 5.74) is 1.02. The third kappa shape index (κ3) is 2.97. The molecule has 2 unspecified atom stereocenters. The Bertz CT molecular complexity index is 397. The Morgan fingerprint density at radius 3 is 2.89 bits per heavy atom. The molecular weight excluding hydrogens is 250 g/mol. The summed E-state index contributed by atoms with van der Waals surface area (Å²) in [5, 5.41) is 4.27. The van der Waals surface area contributed by atoms with E-state index in [9.17, 15) is 0 Å². The molecule has 0 saturated heterocycles. The summed E-state index contributed by atoms with van der Waals surface area (Å²) in [6, 6.07) is 6.14. The molecule has 4 heteroatoms. The third-order valence-corrected chi connectivity index (χ3v) is 3.95. The molecule has 3 nitrogen and oxygen atoms in total. The van der Waals surface area contributed by atoms with Crippen LogP contribution in [0.25, 0.3) is 0 Å². The molecule has 0 bridgehead atoms. The summed E-state index contributed by atoms with van der Waals surface area (Å²) in [6.45, 7) is 0.716. The lowest BCUT2D eigenvalue weighted by Crippen LogP contribution is -2.36. The normalized spacial score (nSPS) is 23.3. The van der Waals surface area contributed by atoms with E-state index in [0.717, 1.165) is 29.2 Å². The van der Waals surface area contributed by atoms with Crippen LogP contribution in [0.3, 0.4) is 0 Å². The Hall–Kier alpha value is -0.770. The van der Waals surface area contributed by atoms with Gasteiger partial charge < -0.3 is 14.8 Å². The average molecular weight is 270 g/mol. The van der Waals surface area contributed by atoms with Crippen LogP contribution < -0.4 is 10.1 Å². The van der Waals surface area contributed by atoms with Crippen molar-refractivity contribution < 1.29 is 9.47 Å². The molecule has 1 aromatic rings. The Balaban J connectivity index is 2.01. The first-order chi connectivity index (χ1) is 8.76. The predicted octanol–water partition coefficient (Wildman–Crippen LogP) is 3.01. The molecule has 0 aliphatic heterocycles. The number of rotatable bonds is 5. The smallest absolute Gasteiger partial charge is 0.124 e. The van der Waals surface area contributed by atoms with Gasteiger partial charge in [-0.25, -0.2) is 0 Å². The molecule has 0 aromatic heterocycles. The number of methoxy groups -OCH3 is 2. The van der Waals surface area contributed by atoms with Crippen LogP contribution >= 0.6 is 11.6 Å². The number of benzene rings is 1. The van der Waals surface area contributed by atoms with Gasteiger partial charge in [-0.15, -0.1) is 0 Å². The Morgan fingerprint density at radius 2 is 2.17 bits per heavy atom. The van der Waals surface area contributed by atoms with Crippen LogP contribution in [-0.4, -0.2) is 26.4 Å². The van der Waals surface area contributed by atoms with Crippen molar-refractivity contribution in [2.45, 2.75) is 38.0 Å². The molecule has 2 atom stereocenters. The van der Waals surface area contributed by atoms with Gasteiger partial charge in [-0.3, -0.25) is 0 Å². The highest BCUT2D eigenvalue weighted by Crippen LogP contribution is 2.27. The first kappa shape index (κ1) is 13.7. The van der Waals surface area contributed by atoms with Crippen LogP contribution in [0.2, 0.25) is 5.02 Å². The molecular formula is C14H20ClNO2. The van der Waals surface area contributed by atoms with Crippen LogP contribution in [0.5, 0.6) is 5.75 Å². The number of hydrogen-bond donors (Lipinski definition) is 1. The SMILES string of the molecule is COc1cccc(Cl)c1CNC1CCCC1OC. The Kier molecular flexibility index (Phi) is 4.87. The van der Waals surface area contributed by atoms with Gasteiger partial charge in [0.1, 0.15) is 5.75 Å². The van der Waals surface area contributed by atoms with E-state index >= 15 is 0 Å². The largest absolute Gasteiger partial charge is 0.496 e. The van der Waals surface area contributed by atoms with Crippen molar-refractivity contribution in [2.75, 3.05) is 14.2 Å². The maximum Gasteiger partial charge on any atom is 0.124 e. The fourth-order valence-corrected chi connectivity index (χ4v) is 2.81. The summed E-state index contributed by atoms with van der Waals surface area (Å²) >= 11 is 6.21. The molecule has 0 amide bonds. The van der Waals surface area contributed by atoms with E-state index in [2.05, 4.69) is 5.32 Å². The molecule has 1 aliphatic carbocycles. The molecule has 2 rings (SSSR count). The van der Waals surface area contributed by atoms with Gasteiger partial charge in [-0.05, 0) is 31.4 Å². The van der Waals surface area contributed by atoms with Crippen LogP contribution in [0, 0.1) is 0 Å². The maximum atomic E-state index is 6.21. The van der Waals surface area contributed by atoms with E-state index in [0.29, 0.717) is 18.7 Å². The zero-order valence-corrected chi connectivity index (χ0v) is 11.7. The fourth-order valence-electron chi connectivity index (χ4n) is 2.58. The second-order valence-corrected chi connectivity index (χ2v) is 5.02. The summed E-state index contributed by atoms with van der Waals surface area (Å²) < 4.78 is 10.8. The average Bonchev–Trinajstić information content (AvgIpc) is 2.84. The second-order valence-electron chi connectivity index (χ2n) is 4.61. The quantitative estimate of drug-likeness (QED) is 0.891. The topological polar surface area (TPSA) is 30.5 Å². The minimum Gasteiger partial charge on any atom is -0.496 e. The van der Waals surface area contributed by atoms with E-state index in [-0.39, 0.29) is 0 Å². The predicted molar refractivity (Wildman–Crippen MR) is 73.3 cm³/mol. The molecule has 1 fully saturated rings. The minimum absolute atomic E-state index is 0.318. The molecule has 1 saturated carbocycles. The minimum atomic E-state index is 0.318. The molecule has 18 heavy (non-hydrogen) atoms. The lowest BCUT2D eigenvalue weighted by molar-refractivity contribution is 0.0846. The standard InChI is InChI=1S/C14H20ClNO2/c1-17-13-7-3-5-11(15)10(13)9-16-12-6-4-8-14(12)18-2/h3,5,7,12,14,16H,4,6,8-9H2,1-2H3. The van der Waals surface area contributed by atoms with Gasteiger partial charge in [0.2, 0.25) is 0 Å². The number of ether oxygens (including phenoxy) is 2. The zero-order valence-electron chi connectivity index (χ0n) is 10.9. The highest BCUT2D eigenvalue weighted by atomic mass is 35.5. The first-order valence-electron chi connectivity index (χ1n) is 6.33. The van der Waals surface area contributed by atoms with Gasteiger partial charge >= 0.3 is 0 Å². The van der Waals surface area contributed by atoms with E-state index in [1.165, 1.54) is 6.42 Å². The van der Waals surface area contributed by atoms with E-state index in [4.69, 9.17) is 21.1 Å². The van der Waals surface area contributed by atoms with Crippen molar-refractivity contribution >= 4 is 11.6 Å². The molecule has 0 spiro atoms. The van der Waals surface area contributed by atoms with Gasteiger partial charge in [-0.1, -0.05) is 17.7 Å². The van der Waals surface area contributed by atoms with Crippen LogP contribution in [-0.2, 0) is 11.3 Å². The molecule has 0 radical (unpaired) electrons. The number of nitrogens with one attached hydrogen (secondary N) is 1. The Labute approximate surface area is 113 Å². The first-order valence-corrected chi connectivity index (χ1v) is 6.71. The van der Waals surface area contributed by atoms with Gasteiger partial charge in [0.05, 0.1) is 13.2 Å². The Morgan fingerprint density at radius 1 is 1.33 bits per heavy atom. The summed E-state index contributed by atoms with van der Waals surface area (Å²) in [4.78, 5) is 0. The van der Waals surface area contributed by atoms with E-state index in [1.54, 1.807) is 14.2 Å². The van der Waals surface area contributed by atoms with Crippen LogP contribution in [0.15, 0.2) is 18.2 Å². The van der Waals surface area contributed by atoms with Crippen LogP contribution in [0.4, 0.5) is 0 Å². The number of hydrogen-bond acceptors (Lipinski definition) is 3. The molecule has 1 aliphatic rings. The van der Waals surface area contributed by atoms with E-state index < -0.39 is 0 Å². The van der Waals surface area contributed by atoms with Gasteiger partial charge in [0, 0.05) is 30.3 Å². The fraction of sp³-hybridized carbons (Fsp3) is 0.571. The lowest BCUT2D eigenvalue weighted by atomic mass is 10.1. The molecule has 100 valence electrons. The third-order valence-electron chi connectivity index (χ3n) is 3.59. The van der Waals surface area contributed by atoms with Crippen molar-refractivity contribution in [3.8, 4) is 5.75 Å². The summed E-state index contributed by atoms with van der Waals surface area (Å²) in [6.07, 6.45) is 3.83. The maximum absolute atomic E-state index is 6.21. The summed E-state index contributed by atoms with van der Waals surface area (Å²) in [7, 11) is 3.45. The summed E-state index contributed by atoms with van der Waals surface area (Å²) in [5.74, 6) is 0.835. The monoisotopic (exact) mass is 269 g/mol. The van der Waals surface area contributed by atoms with Crippen molar-refractivity contribution in [1.29, 1.82) is 0 Å². The zero-order chi connectivity index (χ0) is 13.0. The second kappa shape index (κ2) is 6.41. The van der Waals surface area contributed by atoms with Crippen molar-refractivity contribution in [1.82, 2.24) is 5.32 Å². The highest BCUT2D eigenvalue weighted by Gasteiger charge is 2.26. The van der Waals surface area contributed by atoms with Gasteiger partial charge in [0.15, 0.2) is 0 Å². The number of halogens is 1. The van der Waals surface area contributed by atoms with Gasteiger partial charge in [0.25, 0.3) is 0 Å². The molecule has 1 N–H and O–H groups in total. The van der Waals surface area contributed by atoms with Crippen molar-refractivity contribution in [3.05, 3.63) is 28.8 Å². The van der Waals surface area contributed by atoms with Crippen LogP contribution in [0.1, 0.15) is 24.8 Å². The van der Waals surface area contributed by atoms with E-state index in [1.807, 2.05) is 18.2 Å². The molecule has 1 aromatic carbocycles. The highest BCUT2D eigenvalue weighted by molar-refractivity contribution is 6.31. The lowest BCUT2D eigenvalue weighted by Gasteiger charge is -2.20. The van der Waals surface area contributed by atoms with Crippen molar-refractivity contribution in [3.63, 3.8) is 0 Å². The molecule has 0 heterocycles.